The van der Waals surface area contributed by atoms with Gasteiger partial charge in [-0.05, 0) is 25.5 Å². The fourth-order valence-corrected chi connectivity index (χ4v) is 3.96. The average Bonchev–Trinajstić information content (AvgIpc) is 3.43. The van der Waals surface area contributed by atoms with E-state index in [-0.39, 0.29) is 5.69 Å². The minimum absolute atomic E-state index is 0.115. The topological polar surface area (TPSA) is 112 Å². The van der Waals surface area contributed by atoms with E-state index in [1.807, 2.05) is 48.9 Å². The molecule has 0 bridgehead atoms. The molecule has 0 aliphatic heterocycles. The van der Waals surface area contributed by atoms with Gasteiger partial charge in [-0.3, -0.25) is 9.48 Å². The summed E-state index contributed by atoms with van der Waals surface area (Å²) in [5.41, 5.74) is 4.03. The number of aryl methyl sites for hydroxylation is 1. The zero-order chi connectivity index (χ0) is 23.2. The second kappa shape index (κ2) is 10.1. The number of thiazole rings is 1. The van der Waals surface area contributed by atoms with E-state index in [2.05, 4.69) is 25.4 Å². The highest BCUT2D eigenvalue weighted by molar-refractivity contribution is 7.13. The number of carbonyl (C=O) groups is 2. The van der Waals surface area contributed by atoms with Crippen LogP contribution < -0.4 is 5.32 Å². The number of hydrogen-bond acceptors (Lipinski definition) is 8. The maximum atomic E-state index is 12.2. The van der Waals surface area contributed by atoms with Gasteiger partial charge in [-0.15, -0.1) is 11.3 Å². The molecule has 0 fully saturated rings. The zero-order valence-corrected chi connectivity index (χ0v) is 19.0. The Morgan fingerprint density at radius 1 is 1.09 bits per heavy atom. The minimum atomic E-state index is -0.674. The standard InChI is InChI=1S/C23H22N6O3S/c1-15-18(16(2)29(28-15)12-17-7-4-3-5-8-17)11-26-20(30)13-32-23(31)19-14-33-22(27-19)21-24-9-6-10-25-21/h3-10,14H,11-13H2,1-2H3,(H,26,30). The summed E-state index contributed by atoms with van der Waals surface area (Å²) in [6.45, 7) is 4.44. The number of nitrogens with one attached hydrogen (secondary N) is 1. The normalized spacial score (nSPS) is 10.7. The summed E-state index contributed by atoms with van der Waals surface area (Å²) in [5, 5.41) is 9.44. The van der Waals surface area contributed by atoms with Gasteiger partial charge in [0.1, 0.15) is 0 Å². The molecule has 0 spiro atoms. The van der Waals surface area contributed by atoms with Crippen molar-refractivity contribution >= 4 is 23.2 Å². The summed E-state index contributed by atoms with van der Waals surface area (Å²) >= 11 is 1.23. The fraction of sp³-hybridized carbons (Fsp3) is 0.217. The van der Waals surface area contributed by atoms with Gasteiger partial charge in [0.15, 0.2) is 23.1 Å². The molecule has 0 radical (unpaired) electrons. The predicted molar refractivity (Wildman–Crippen MR) is 123 cm³/mol. The molecule has 0 unspecified atom stereocenters. The van der Waals surface area contributed by atoms with Crippen LogP contribution in [-0.4, -0.2) is 43.2 Å². The molecular formula is C23H22N6O3S. The molecule has 10 heteroatoms. The monoisotopic (exact) mass is 462 g/mol. The lowest BCUT2D eigenvalue weighted by molar-refractivity contribution is -0.124. The Morgan fingerprint density at radius 3 is 2.61 bits per heavy atom. The molecule has 0 aliphatic carbocycles. The Bertz CT molecular complexity index is 1250. The molecule has 0 saturated heterocycles. The molecule has 1 N–H and O–H groups in total. The number of nitrogens with zero attached hydrogens (tertiary/aromatic N) is 5. The number of carbonyl (C=O) groups excluding carboxylic acids is 2. The number of amides is 1. The van der Waals surface area contributed by atoms with Gasteiger partial charge in [-0.25, -0.2) is 19.7 Å². The van der Waals surface area contributed by atoms with Crippen molar-refractivity contribution < 1.29 is 14.3 Å². The lowest BCUT2D eigenvalue weighted by Crippen LogP contribution is -2.28. The predicted octanol–water partition coefficient (Wildman–Crippen LogP) is 2.93. The minimum Gasteiger partial charge on any atom is -0.451 e. The van der Waals surface area contributed by atoms with Crippen molar-refractivity contribution in [1.82, 2.24) is 30.0 Å². The summed E-state index contributed by atoms with van der Waals surface area (Å²) < 4.78 is 7.02. The average molecular weight is 463 g/mol. The number of ether oxygens (including phenoxy) is 1. The first-order valence-corrected chi connectivity index (χ1v) is 11.1. The fourth-order valence-electron chi connectivity index (χ4n) is 3.22. The van der Waals surface area contributed by atoms with Crippen LogP contribution in [0.4, 0.5) is 0 Å². The number of rotatable bonds is 8. The molecule has 0 aliphatic rings. The first kappa shape index (κ1) is 22.3. The van der Waals surface area contributed by atoms with Crippen molar-refractivity contribution in [1.29, 1.82) is 0 Å². The summed E-state index contributed by atoms with van der Waals surface area (Å²) in [6, 6.07) is 11.7. The molecule has 9 nitrogen and oxygen atoms in total. The summed E-state index contributed by atoms with van der Waals surface area (Å²) in [5.74, 6) is -0.649. The molecule has 1 aromatic carbocycles. The van der Waals surface area contributed by atoms with Gasteiger partial charge in [0.2, 0.25) is 0 Å². The molecule has 4 aromatic rings. The first-order chi connectivity index (χ1) is 16.0. The maximum absolute atomic E-state index is 12.2. The lowest BCUT2D eigenvalue weighted by Gasteiger charge is -2.08. The highest BCUT2D eigenvalue weighted by atomic mass is 32.1. The second-order valence-electron chi connectivity index (χ2n) is 7.26. The number of hydrogen-bond donors (Lipinski definition) is 1. The molecule has 1 amide bonds. The Morgan fingerprint density at radius 2 is 1.85 bits per heavy atom. The third-order valence-corrected chi connectivity index (χ3v) is 5.81. The third-order valence-electron chi connectivity index (χ3n) is 4.97. The van der Waals surface area contributed by atoms with Crippen molar-refractivity contribution in [2.75, 3.05) is 6.61 Å². The smallest absolute Gasteiger partial charge is 0.358 e. The summed E-state index contributed by atoms with van der Waals surface area (Å²) in [6.07, 6.45) is 3.20. The van der Waals surface area contributed by atoms with Gasteiger partial charge in [0.05, 0.1) is 12.2 Å². The van der Waals surface area contributed by atoms with Gasteiger partial charge in [-0.1, -0.05) is 30.3 Å². The molecule has 33 heavy (non-hydrogen) atoms. The van der Waals surface area contributed by atoms with E-state index < -0.39 is 18.5 Å². The zero-order valence-electron chi connectivity index (χ0n) is 18.2. The second-order valence-corrected chi connectivity index (χ2v) is 8.11. The molecule has 0 saturated carbocycles. The van der Waals surface area contributed by atoms with E-state index in [9.17, 15) is 9.59 Å². The van der Waals surface area contributed by atoms with Crippen molar-refractivity contribution in [3.8, 4) is 10.8 Å². The van der Waals surface area contributed by atoms with E-state index >= 15 is 0 Å². The lowest BCUT2D eigenvalue weighted by atomic mass is 10.2. The first-order valence-electron chi connectivity index (χ1n) is 10.2. The maximum Gasteiger partial charge on any atom is 0.358 e. The van der Waals surface area contributed by atoms with Crippen LogP contribution in [0.2, 0.25) is 0 Å². The van der Waals surface area contributed by atoms with Gasteiger partial charge in [-0.2, -0.15) is 5.10 Å². The van der Waals surface area contributed by atoms with E-state index in [4.69, 9.17) is 4.74 Å². The Kier molecular flexibility index (Phi) is 6.84. The highest BCUT2D eigenvalue weighted by Crippen LogP contribution is 2.20. The van der Waals surface area contributed by atoms with Crippen LogP contribution in [0.1, 0.15) is 33.0 Å². The van der Waals surface area contributed by atoms with Gasteiger partial charge < -0.3 is 10.1 Å². The van der Waals surface area contributed by atoms with Crippen molar-refractivity contribution in [3.63, 3.8) is 0 Å². The Balaban J connectivity index is 1.29. The van der Waals surface area contributed by atoms with E-state index in [1.165, 1.54) is 11.3 Å². The van der Waals surface area contributed by atoms with Crippen LogP contribution in [0.5, 0.6) is 0 Å². The van der Waals surface area contributed by atoms with Crippen LogP contribution in [0.3, 0.4) is 0 Å². The van der Waals surface area contributed by atoms with Gasteiger partial charge in [0.25, 0.3) is 5.91 Å². The number of esters is 1. The van der Waals surface area contributed by atoms with Crippen molar-refractivity contribution in [3.05, 3.63) is 82.4 Å². The Labute approximate surface area is 194 Å². The van der Waals surface area contributed by atoms with Crippen LogP contribution in [0.15, 0.2) is 54.2 Å². The number of aromatic nitrogens is 5. The van der Waals surface area contributed by atoms with Crippen molar-refractivity contribution in [2.24, 2.45) is 0 Å². The molecule has 168 valence electrons. The quantitative estimate of drug-likeness (QED) is 0.401. The molecular weight excluding hydrogens is 440 g/mol. The van der Waals surface area contributed by atoms with Gasteiger partial charge in [0, 0.05) is 35.6 Å². The SMILES string of the molecule is Cc1nn(Cc2ccccc2)c(C)c1CNC(=O)COC(=O)c1csc(-c2ncccn2)n1. The van der Waals surface area contributed by atoms with Crippen molar-refractivity contribution in [2.45, 2.75) is 26.9 Å². The summed E-state index contributed by atoms with van der Waals surface area (Å²) in [4.78, 5) is 36.9. The molecule has 3 aromatic heterocycles. The highest BCUT2D eigenvalue weighted by Gasteiger charge is 2.17. The van der Waals surface area contributed by atoms with Gasteiger partial charge >= 0.3 is 5.97 Å². The largest absolute Gasteiger partial charge is 0.451 e. The van der Waals surface area contributed by atoms with Crippen LogP contribution >= 0.6 is 11.3 Å². The van der Waals surface area contributed by atoms with Crippen LogP contribution in [0, 0.1) is 13.8 Å². The molecule has 0 atom stereocenters. The summed E-state index contributed by atoms with van der Waals surface area (Å²) in [7, 11) is 0. The third kappa shape index (κ3) is 5.47. The molecule has 3 heterocycles. The van der Waals surface area contributed by atoms with E-state index in [0.717, 1.165) is 22.5 Å². The molecule has 4 rings (SSSR count). The van der Waals surface area contributed by atoms with Crippen LogP contribution in [-0.2, 0) is 22.6 Å². The Hall–Kier alpha value is -3.92. The van der Waals surface area contributed by atoms with E-state index in [0.29, 0.717) is 23.9 Å². The number of benzene rings is 1. The van der Waals surface area contributed by atoms with E-state index in [1.54, 1.807) is 23.8 Å². The van der Waals surface area contributed by atoms with Crippen LogP contribution in [0.25, 0.3) is 10.8 Å².